The average molecular weight is 294 g/mol. The quantitative estimate of drug-likeness (QED) is 0.297. The Bertz CT molecular complexity index is 562. The Morgan fingerprint density at radius 1 is 1.50 bits per heavy atom. The van der Waals surface area contributed by atoms with Gasteiger partial charge in [0.1, 0.15) is 11.3 Å². The standard InChI is InChI=1S/C15H16ClNO3/c1-3-17-10-13(15(19)20-2)14(18)8-7-11-5-4-6-12(16)9-11/h4-10,18H,3H2,1-2H3/b8-7?,14-13+,17-10?. The van der Waals surface area contributed by atoms with Crippen molar-refractivity contribution in [3.63, 3.8) is 0 Å². The van der Waals surface area contributed by atoms with E-state index in [9.17, 15) is 9.90 Å². The molecular formula is C15H16ClNO3. The smallest absolute Gasteiger partial charge is 0.343 e. The molecule has 106 valence electrons. The molecule has 0 saturated carbocycles. The zero-order valence-corrected chi connectivity index (χ0v) is 12.1. The number of aliphatic hydroxyl groups is 1. The van der Waals surface area contributed by atoms with Crippen LogP contribution in [0.4, 0.5) is 0 Å². The minimum atomic E-state index is -0.643. The Kier molecular flexibility index (Phi) is 6.53. The minimum absolute atomic E-state index is 0.00706. The Labute approximate surface area is 123 Å². The lowest BCUT2D eigenvalue weighted by molar-refractivity contribution is -0.135. The number of aliphatic imine (C=N–C) groups is 1. The number of hydrogen-bond acceptors (Lipinski definition) is 4. The molecule has 0 spiro atoms. The van der Waals surface area contributed by atoms with Crippen LogP contribution < -0.4 is 0 Å². The summed E-state index contributed by atoms with van der Waals surface area (Å²) in [6.45, 7) is 2.33. The highest BCUT2D eigenvalue weighted by Crippen LogP contribution is 2.13. The van der Waals surface area contributed by atoms with Crippen LogP contribution in [0, 0.1) is 0 Å². The van der Waals surface area contributed by atoms with Gasteiger partial charge in [0.2, 0.25) is 0 Å². The Balaban J connectivity index is 3.03. The van der Waals surface area contributed by atoms with Crippen LogP contribution in [0.5, 0.6) is 0 Å². The molecule has 0 aromatic heterocycles. The van der Waals surface area contributed by atoms with E-state index >= 15 is 0 Å². The van der Waals surface area contributed by atoms with Crippen molar-refractivity contribution in [2.24, 2.45) is 4.99 Å². The summed E-state index contributed by atoms with van der Waals surface area (Å²) in [6, 6.07) is 7.11. The van der Waals surface area contributed by atoms with E-state index in [4.69, 9.17) is 11.6 Å². The lowest BCUT2D eigenvalue weighted by Crippen LogP contribution is -2.08. The van der Waals surface area contributed by atoms with Gasteiger partial charge in [-0.1, -0.05) is 29.8 Å². The van der Waals surface area contributed by atoms with Crippen molar-refractivity contribution in [1.82, 2.24) is 0 Å². The van der Waals surface area contributed by atoms with Crippen LogP contribution in [0.1, 0.15) is 12.5 Å². The molecule has 0 aliphatic carbocycles. The van der Waals surface area contributed by atoms with Gasteiger partial charge in [0.15, 0.2) is 0 Å². The van der Waals surface area contributed by atoms with Crippen molar-refractivity contribution in [2.45, 2.75) is 6.92 Å². The normalized spacial score (nSPS) is 12.8. The molecule has 0 unspecified atom stereocenters. The number of aliphatic hydroxyl groups excluding tert-OH is 1. The number of nitrogens with zero attached hydrogens (tertiary/aromatic N) is 1. The first-order valence-electron chi connectivity index (χ1n) is 6.03. The zero-order valence-electron chi connectivity index (χ0n) is 11.3. The maximum atomic E-state index is 11.5. The monoisotopic (exact) mass is 293 g/mol. The number of halogens is 1. The molecule has 1 rings (SSSR count). The first-order valence-corrected chi connectivity index (χ1v) is 6.41. The van der Waals surface area contributed by atoms with Gasteiger partial charge < -0.3 is 9.84 Å². The number of allylic oxidation sites excluding steroid dienone is 1. The lowest BCUT2D eigenvalue weighted by atomic mass is 10.1. The van der Waals surface area contributed by atoms with Crippen molar-refractivity contribution >= 4 is 29.9 Å². The predicted octanol–water partition coefficient (Wildman–Crippen LogP) is 3.43. The highest BCUT2D eigenvalue weighted by molar-refractivity contribution is 6.30. The molecule has 0 radical (unpaired) electrons. The van der Waals surface area contributed by atoms with Crippen LogP contribution in [0.25, 0.3) is 6.08 Å². The number of rotatable bonds is 5. The van der Waals surface area contributed by atoms with Gasteiger partial charge in [0, 0.05) is 17.8 Å². The highest BCUT2D eigenvalue weighted by atomic mass is 35.5. The van der Waals surface area contributed by atoms with Crippen molar-refractivity contribution in [3.8, 4) is 0 Å². The second kappa shape index (κ2) is 8.17. The van der Waals surface area contributed by atoms with E-state index < -0.39 is 5.97 Å². The number of methoxy groups -OCH3 is 1. The SMILES string of the molecule is CCN=C/C(C(=O)OC)=C(\O)C=Cc1cccc(Cl)c1. The molecule has 4 nitrogen and oxygen atoms in total. The van der Waals surface area contributed by atoms with Gasteiger partial charge in [0.25, 0.3) is 0 Å². The Morgan fingerprint density at radius 2 is 2.25 bits per heavy atom. The lowest BCUT2D eigenvalue weighted by Gasteiger charge is -2.01. The number of carbonyl (C=O) groups is 1. The molecule has 5 heteroatoms. The summed E-state index contributed by atoms with van der Waals surface area (Å²) in [7, 11) is 1.25. The van der Waals surface area contributed by atoms with E-state index in [0.717, 1.165) is 5.56 Å². The zero-order chi connectivity index (χ0) is 15.0. The molecule has 1 aromatic rings. The molecule has 0 aliphatic heterocycles. The highest BCUT2D eigenvalue weighted by Gasteiger charge is 2.11. The van der Waals surface area contributed by atoms with Crippen LogP contribution in [-0.4, -0.2) is 30.9 Å². The summed E-state index contributed by atoms with van der Waals surface area (Å²) in [6.07, 6.45) is 4.34. The third kappa shape index (κ3) is 4.90. The second-order valence-electron chi connectivity index (χ2n) is 3.81. The molecule has 1 N–H and O–H groups in total. The first kappa shape index (κ1) is 16.0. The first-order chi connectivity index (χ1) is 9.58. The maximum absolute atomic E-state index is 11.5. The van der Waals surface area contributed by atoms with Gasteiger partial charge in [-0.05, 0) is 30.7 Å². The predicted molar refractivity (Wildman–Crippen MR) is 81.2 cm³/mol. The van der Waals surface area contributed by atoms with Gasteiger partial charge in [-0.3, -0.25) is 4.99 Å². The summed E-state index contributed by atoms with van der Waals surface area (Å²) in [4.78, 5) is 15.5. The largest absolute Gasteiger partial charge is 0.507 e. The fraction of sp³-hybridized carbons (Fsp3) is 0.200. The van der Waals surface area contributed by atoms with Crippen LogP contribution in [0.3, 0.4) is 0 Å². The minimum Gasteiger partial charge on any atom is -0.507 e. The van der Waals surface area contributed by atoms with Gasteiger partial charge in [-0.25, -0.2) is 4.79 Å². The van der Waals surface area contributed by atoms with Crippen LogP contribution in [0.15, 0.2) is 46.7 Å². The van der Waals surface area contributed by atoms with Crippen LogP contribution in [0.2, 0.25) is 5.02 Å². The molecule has 0 heterocycles. The molecule has 0 amide bonds. The van der Waals surface area contributed by atoms with Gasteiger partial charge in [-0.2, -0.15) is 0 Å². The van der Waals surface area contributed by atoms with Crippen molar-refractivity contribution in [1.29, 1.82) is 0 Å². The molecule has 0 bridgehead atoms. The van der Waals surface area contributed by atoms with Crippen molar-refractivity contribution in [3.05, 3.63) is 52.3 Å². The number of benzene rings is 1. The van der Waals surface area contributed by atoms with Crippen LogP contribution >= 0.6 is 11.6 Å². The molecule has 0 saturated heterocycles. The average Bonchev–Trinajstić information content (AvgIpc) is 2.45. The molecule has 0 fully saturated rings. The third-order valence-electron chi connectivity index (χ3n) is 2.37. The number of carbonyl (C=O) groups excluding carboxylic acids is 1. The topological polar surface area (TPSA) is 58.9 Å². The maximum Gasteiger partial charge on any atom is 0.343 e. The van der Waals surface area contributed by atoms with E-state index in [2.05, 4.69) is 9.73 Å². The Morgan fingerprint density at radius 3 is 2.85 bits per heavy atom. The van der Waals surface area contributed by atoms with E-state index in [1.54, 1.807) is 24.3 Å². The summed E-state index contributed by atoms with van der Waals surface area (Å²) in [5.41, 5.74) is 0.813. The number of hydrogen-bond donors (Lipinski definition) is 1. The van der Waals surface area contributed by atoms with E-state index in [1.807, 2.05) is 13.0 Å². The van der Waals surface area contributed by atoms with Crippen molar-refractivity contribution < 1.29 is 14.6 Å². The van der Waals surface area contributed by atoms with Gasteiger partial charge in [0.05, 0.1) is 7.11 Å². The summed E-state index contributed by atoms with van der Waals surface area (Å²) in [5, 5.41) is 10.5. The third-order valence-corrected chi connectivity index (χ3v) is 2.60. The van der Waals surface area contributed by atoms with Crippen LogP contribution in [-0.2, 0) is 9.53 Å². The van der Waals surface area contributed by atoms with E-state index in [0.29, 0.717) is 11.6 Å². The number of ether oxygens (including phenoxy) is 1. The molecule has 0 atom stereocenters. The second-order valence-corrected chi connectivity index (χ2v) is 4.24. The van der Waals surface area contributed by atoms with E-state index in [1.165, 1.54) is 19.4 Å². The molecular weight excluding hydrogens is 278 g/mol. The molecule has 20 heavy (non-hydrogen) atoms. The Hall–Kier alpha value is -2.07. The van der Waals surface area contributed by atoms with E-state index in [-0.39, 0.29) is 11.3 Å². The summed E-state index contributed by atoms with van der Waals surface area (Å²) in [5.74, 6) is -0.857. The summed E-state index contributed by atoms with van der Waals surface area (Å²) >= 11 is 5.86. The van der Waals surface area contributed by atoms with Gasteiger partial charge in [-0.15, -0.1) is 0 Å². The number of esters is 1. The fourth-order valence-electron chi connectivity index (χ4n) is 1.39. The van der Waals surface area contributed by atoms with Gasteiger partial charge >= 0.3 is 5.97 Å². The fourth-order valence-corrected chi connectivity index (χ4v) is 1.59. The molecule has 1 aromatic carbocycles. The summed E-state index contributed by atoms with van der Waals surface area (Å²) < 4.78 is 4.60. The van der Waals surface area contributed by atoms with Crippen molar-refractivity contribution in [2.75, 3.05) is 13.7 Å². The molecule has 0 aliphatic rings.